The summed E-state index contributed by atoms with van der Waals surface area (Å²) in [4.78, 5) is 0. The predicted molar refractivity (Wildman–Crippen MR) is 60.9 cm³/mol. The Kier molecular flexibility index (Phi) is 3.08. The Morgan fingerprint density at radius 1 is 1.00 bits per heavy atom. The van der Waals surface area contributed by atoms with Gasteiger partial charge in [0.25, 0.3) is 0 Å². The number of nitrogens with zero attached hydrogens (tertiary/aromatic N) is 1. The van der Waals surface area contributed by atoms with Crippen molar-refractivity contribution in [3.8, 4) is 5.75 Å². The first-order valence-corrected chi connectivity index (χ1v) is 5.24. The maximum Gasteiger partial charge on any atom is 0.118 e. The van der Waals surface area contributed by atoms with E-state index in [-0.39, 0.29) is 0 Å². The summed E-state index contributed by atoms with van der Waals surface area (Å²) < 4.78 is 2.15. The summed E-state index contributed by atoms with van der Waals surface area (Å²) in [5.74, 6) is 0.407. The minimum Gasteiger partial charge on any atom is -0.508 e. The monoisotopic (exact) mass is 201 g/mol. The second kappa shape index (κ2) is 4.69. The van der Waals surface area contributed by atoms with Crippen LogP contribution in [0.2, 0.25) is 0 Å². The summed E-state index contributed by atoms with van der Waals surface area (Å²) >= 11 is 0. The van der Waals surface area contributed by atoms with Crippen LogP contribution in [0.15, 0.2) is 48.8 Å². The highest BCUT2D eigenvalue weighted by Gasteiger charge is 1.98. The Morgan fingerprint density at radius 2 is 1.73 bits per heavy atom. The van der Waals surface area contributed by atoms with Crippen molar-refractivity contribution in [2.45, 2.75) is 19.4 Å². The van der Waals surface area contributed by atoms with Crippen molar-refractivity contribution in [2.24, 2.45) is 0 Å². The molecule has 1 aromatic carbocycles. The number of aromatic nitrogens is 1. The summed E-state index contributed by atoms with van der Waals surface area (Å²) in [6.07, 6.45) is 6.09. The van der Waals surface area contributed by atoms with E-state index in [0.29, 0.717) is 5.75 Å². The van der Waals surface area contributed by atoms with Crippen molar-refractivity contribution < 1.29 is 5.11 Å². The molecule has 2 heteroatoms. The van der Waals surface area contributed by atoms with Crippen molar-refractivity contribution in [2.75, 3.05) is 0 Å². The van der Waals surface area contributed by atoms with Crippen LogP contribution in [0, 0.1) is 0 Å². The average molecular weight is 201 g/mol. The third-order valence-electron chi connectivity index (χ3n) is 2.52. The van der Waals surface area contributed by atoms with E-state index in [0.717, 1.165) is 24.9 Å². The average Bonchev–Trinajstić information content (AvgIpc) is 2.74. The van der Waals surface area contributed by atoms with Crippen LogP contribution >= 0.6 is 0 Å². The molecule has 2 nitrogen and oxygen atoms in total. The molecule has 0 amide bonds. The Labute approximate surface area is 89.8 Å². The van der Waals surface area contributed by atoms with Crippen molar-refractivity contribution in [3.05, 3.63) is 54.4 Å². The lowest BCUT2D eigenvalue weighted by Gasteiger charge is -2.05. The van der Waals surface area contributed by atoms with Crippen molar-refractivity contribution >= 4 is 0 Å². The van der Waals surface area contributed by atoms with Crippen LogP contribution in [0.1, 0.15) is 12.0 Å². The van der Waals surface area contributed by atoms with Gasteiger partial charge in [-0.15, -0.1) is 0 Å². The number of hydrogen-bond acceptors (Lipinski definition) is 1. The van der Waals surface area contributed by atoms with Crippen LogP contribution in [-0.4, -0.2) is 9.67 Å². The van der Waals surface area contributed by atoms with E-state index in [2.05, 4.69) is 17.0 Å². The van der Waals surface area contributed by atoms with E-state index < -0.39 is 0 Å². The molecular formula is C13H15NO. The van der Waals surface area contributed by atoms with Crippen molar-refractivity contribution in [1.82, 2.24) is 4.57 Å². The lowest BCUT2D eigenvalue weighted by molar-refractivity contribution is 0.466. The minimum absolute atomic E-state index is 0.407. The quantitative estimate of drug-likeness (QED) is 0.808. The fourth-order valence-electron chi connectivity index (χ4n) is 1.69. The van der Waals surface area contributed by atoms with Crippen LogP contribution in [0.3, 0.4) is 0 Å². The first-order valence-electron chi connectivity index (χ1n) is 5.24. The van der Waals surface area contributed by atoms with Gasteiger partial charge >= 0.3 is 0 Å². The largest absolute Gasteiger partial charge is 0.508 e. The molecule has 78 valence electrons. The Balaban J connectivity index is 1.86. The van der Waals surface area contributed by atoms with E-state index in [1.807, 2.05) is 30.3 Å². The molecule has 1 heterocycles. The first kappa shape index (κ1) is 9.84. The molecule has 1 N–H and O–H groups in total. The summed E-state index contributed by atoms with van der Waals surface area (Å²) in [6.45, 7) is 1.00. The van der Waals surface area contributed by atoms with Crippen LogP contribution in [0.4, 0.5) is 0 Å². The highest BCUT2D eigenvalue weighted by atomic mass is 16.3. The molecule has 0 aliphatic carbocycles. The molecule has 0 unspecified atom stereocenters. The molecule has 1 aromatic heterocycles. The van der Waals surface area contributed by atoms with Gasteiger partial charge in [-0.05, 0) is 36.6 Å². The van der Waals surface area contributed by atoms with Crippen LogP contribution < -0.4 is 0 Å². The summed E-state index contributed by atoms with van der Waals surface area (Å²) in [6, 6.07) is 11.6. The van der Waals surface area contributed by atoms with Crippen LogP contribution in [0.5, 0.6) is 5.75 Å². The number of aryl methyl sites for hydroxylation is 2. The zero-order valence-corrected chi connectivity index (χ0v) is 8.63. The standard InChI is InChI=1S/C13H15NO/c15-13-8-2-1-6-12(13)7-5-11-14-9-3-4-10-14/h1-4,6,8-10,15H,5,7,11H2. The number of para-hydroxylation sites is 1. The summed E-state index contributed by atoms with van der Waals surface area (Å²) in [7, 11) is 0. The predicted octanol–water partition coefficient (Wildman–Crippen LogP) is 2.83. The van der Waals surface area contributed by atoms with Gasteiger partial charge in [-0.1, -0.05) is 18.2 Å². The fourth-order valence-corrected chi connectivity index (χ4v) is 1.69. The summed E-state index contributed by atoms with van der Waals surface area (Å²) in [5.41, 5.74) is 1.03. The molecule has 15 heavy (non-hydrogen) atoms. The number of phenols is 1. The van der Waals surface area contributed by atoms with Gasteiger partial charge < -0.3 is 9.67 Å². The highest BCUT2D eigenvalue weighted by Crippen LogP contribution is 2.17. The van der Waals surface area contributed by atoms with Gasteiger partial charge in [0.15, 0.2) is 0 Å². The number of benzene rings is 1. The molecule has 0 aliphatic rings. The van der Waals surface area contributed by atoms with Gasteiger partial charge in [-0.2, -0.15) is 0 Å². The second-order valence-electron chi connectivity index (χ2n) is 3.65. The van der Waals surface area contributed by atoms with Crippen molar-refractivity contribution in [3.63, 3.8) is 0 Å². The Hall–Kier alpha value is -1.70. The molecule has 0 fully saturated rings. The van der Waals surface area contributed by atoms with Crippen LogP contribution in [-0.2, 0) is 13.0 Å². The molecule has 0 bridgehead atoms. The first-order chi connectivity index (χ1) is 7.36. The molecule has 0 aliphatic heterocycles. The van der Waals surface area contributed by atoms with E-state index in [4.69, 9.17) is 0 Å². The number of hydrogen-bond donors (Lipinski definition) is 1. The molecule has 2 rings (SSSR count). The van der Waals surface area contributed by atoms with Gasteiger partial charge in [0, 0.05) is 18.9 Å². The molecule has 0 saturated carbocycles. The molecule has 2 aromatic rings. The van der Waals surface area contributed by atoms with E-state index in [1.54, 1.807) is 6.07 Å². The topological polar surface area (TPSA) is 25.2 Å². The molecule has 0 saturated heterocycles. The summed E-state index contributed by atoms with van der Waals surface area (Å²) in [5, 5.41) is 9.56. The lowest BCUT2D eigenvalue weighted by Crippen LogP contribution is -1.96. The van der Waals surface area contributed by atoms with Gasteiger partial charge in [0.1, 0.15) is 5.75 Å². The zero-order valence-electron chi connectivity index (χ0n) is 8.63. The fraction of sp³-hybridized carbons (Fsp3) is 0.231. The van der Waals surface area contributed by atoms with Gasteiger partial charge in [-0.25, -0.2) is 0 Å². The normalized spacial score (nSPS) is 10.4. The Morgan fingerprint density at radius 3 is 2.47 bits per heavy atom. The SMILES string of the molecule is Oc1ccccc1CCCn1cccc1. The smallest absolute Gasteiger partial charge is 0.118 e. The van der Waals surface area contributed by atoms with Gasteiger partial charge in [0.05, 0.1) is 0 Å². The third kappa shape index (κ3) is 2.62. The lowest BCUT2D eigenvalue weighted by atomic mass is 10.1. The maximum atomic E-state index is 9.56. The number of rotatable bonds is 4. The number of phenolic OH excluding ortho intramolecular Hbond substituents is 1. The zero-order chi connectivity index (χ0) is 10.5. The van der Waals surface area contributed by atoms with Crippen LogP contribution in [0.25, 0.3) is 0 Å². The van der Waals surface area contributed by atoms with E-state index >= 15 is 0 Å². The maximum absolute atomic E-state index is 9.56. The van der Waals surface area contributed by atoms with E-state index in [1.165, 1.54) is 0 Å². The second-order valence-corrected chi connectivity index (χ2v) is 3.65. The van der Waals surface area contributed by atoms with Gasteiger partial charge in [-0.3, -0.25) is 0 Å². The Bertz CT molecular complexity index is 406. The molecule has 0 atom stereocenters. The molecular weight excluding hydrogens is 186 g/mol. The third-order valence-corrected chi connectivity index (χ3v) is 2.52. The van der Waals surface area contributed by atoms with Gasteiger partial charge in [0.2, 0.25) is 0 Å². The molecule has 0 radical (unpaired) electrons. The number of aromatic hydroxyl groups is 1. The highest BCUT2D eigenvalue weighted by molar-refractivity contribution is 5.31. The van der Waals surface area contributed by atoms with E-state index in [9.17, 15) is 5.11 Å². The van der Waals surface area contributed by atoms with Crippen molar-refractivity contribution in [1.29, 1.82) is 0 Å². The minimum atomic E-state index is 0.407. The molecule has 0 spiro atoms.